The van der Waals surface area contributed by atoms with Gasteiger partial charge in [-0.1, -0.05) is 24.9 Å². The predicted molar refractivity (Wildman–Crippen MR) is 34.0 cm³/mol. The minimum atomic E-state index is 0.657. The molecule has 0 aliphatic carbocycles. The van der Waals surface area contributed by atoms with E-state index < -0.39 is 0 Å². The summed E-state index contributed by atoms with van der Waals surface area (Å²) < 4.78 is 0. The van der Waals surface area contributed by atoms with E-state index in [9.17, 15) is 0 Å². The van der Waals surface area contributed by atoms with Gasteiger partial charge in [-0.2, -0.15) is 0 Å². The highest BCUT2D eigenvalue weighted by molar-refractivity contribution is 5.21. The standard InChI is InChI=1S/C6H12NO/c1-3-4-5-6-8-7-2/h2H,3-6H2,1H3. The summed E-state index contributed by atoms with van der Waals surface area (Å²) in [5.41, 5.74) is 0. The molecule has 0 bridgehead atoms. The molecule has 47 valence electrons. The molecular weight excluding hydrogens is 102 g/mol. The van der Waals surface area contributed by atoms with Crippen molar-refractivity contribution < 1.29 is 4.84 Å². The summed E-state index contributed by atoms with van der Waals surface area (Å²) in [7, 11) is 0. The highest BCUT2D eigenvalue weighted by atomic mass is 16.6. The summed E-state index contributed by atoms with van der Waals surface area (Å²) in [6.07, 6.45) is 3.45. The highest BCUT2D eigenvalue weighted by Gasteiger charge is 1.82. The minimum Gasteiger partial charge on any atom is -0.396 e. The molecule has 0 aliphatic heterocycles. The lowest BCUT2D eigenvalue weighted by molar-refractivity contribution is 0.142. The van der Waals surface area contributed by atoms with Crippen LogP contribution in [0.3, 0.4) is 0 Å². The molecule has 0 saturated carbocycles. The molecule has 1 radical (unpaired) electrons. The largest absolute Gasteiger partial charge is 0.396 e. The molecule has 0 aromatic heterocycles. The Morgan fingerprint density at radius 2 is 2.25 bits per heavy atom. The van der Waals surface area contributed by atoms with E-state index >= 15 is 0 Å². The molecule has 0 saturated heterocycles. The third kappa shape index (κ3) is 5.47. The highest BCUT2D eigenvalue weighted by Crippen LogP contribution is 1.93. The van der Waals surface area contributed by atoms with E-state index in [0.29, 0.717) is 6.61 Å². The first-order valence-electron chi connectivity index (χ1n) is 2.94. The number of nitrogens with zero attached hydrogens (tertiary/aromatic N) is 1. The Morgan fingerprint density at radius 1 is 1.50 bits per heavy atom. The van der Waals surface area contributed by atoms with E-state index in [-0.39, 0.29) is 0 Å². The fourth-order valence-electron chi connectivity index (χ4n) is 0.469. The fraction of sp³-hybridized carbons (Fsp3) is 0.833. The maximum atomic E-state index is 4.71. The zero-order chi connectivity index (χ0) is 6.24. The third-order valence-corrected chi connectivity index (χ3v) is 0.914. The van der Waals surface area contributed by atoms with E-state index in [0.717, 1.165) is 6.42 Å². The molecule has 0 unspecified atom stereocenters. The Hall–Kier alpha value is -0.530. The normalized spacial score (nSPS) is 8.62. The molecule has 2 nitrogen and oxygen atoms in total. The topological polar surface area (TPSA) is 21.6 Å². The molecule has 0 N–H and O–H groups in total. The molecular formula is C6H12NO. The first-order valence-corrected chi connectivity index (χ1v) is 2.94. The van der Waals surface area contributed by atoms with Crippen molar-refractivity contribution in [2.75, 3.05) is 6.61 Å². The third-order valence-electron chi connectivity index (χ3n) is 0.914. The van der Waals surface area contributed by atoms with E-state index in [1.54, 1.807) is 0 Å². The first-order chi connectivity index (χ1) is 3.91. The number of hydrogen-bond donors (Lipinski definition) is 0. The predicted octanol–water partition coefficient (Wildman–Crippen LogP) is 1.69. The van der Waals surface area contributed by atoms with Crippen molar-refractivity contribution in [3.8, 4) is 0 Å². The second-order valence-electron chi connectivity index (χ2n) is 1.65. The maximum Gasteiger partial charge on any atom is 0.117 e. The van der Waals surface area contributed by atoms with Crippen LogP contribution >= 0.6 is 0 Å². The molecule has 0 spiro atoms. The van der Waals surface area contributed by atoms with Gasteiger partial charge in [-0.25, -0.2) is 0 Å². The zero-order valence-electron chi connectivity index (χ0n) is 5.26. The van der Waals surface area contributed by atoms with Gasteiger partial charge in [-0.05, 0) is 6.42 Å². The Morgan fingerprint density at radius 3 is 2.75 bits per heavy atom. The van der Waals surface area contributed by atoms with Gasteiger partial charge in [-0.15, -0.1) is 0 Å². The maximum absolute atomic E-state index is 4.71. The van der Waals surface area contributed by atoms with E-state index in [1.165, 1.54) is 12.8 Å². The molecule has 2 heteroatoms. The van der Waals surface area contributed by atoms with E-state index in [1.807, 2.05) is 0 Å². The van der Waals surface area contributed by atoms with Crippen molar-refractivity contribution in [3.63, 3.8) is 0 Å². The van der Waals surface area contributed by atoms with Crippen LogP contribution < -0.4 is 0 Å². The van der Waals surface area contributed by atoms with Gasteiger partial charge < -0.3 is 4.84 Å². The first kappa shape index (κ1) is 7.47. The summed E-state index contributed by atoms with van der Waals surface area (Å²) in [5.74, 6) is 0. The molecule has 0 aromatic rings. The van der Waals surface area contributed by atoms with Gasteiger partial charge in [0.15, 0.2) is 0 Å². The summed E-state index contributed by atoms with van der Waals surface area (Å²) >= 11 is 0. The summed E-state index contributed by atoms with van der Waals surface area (Å²) in [6.45, 7) is 7.51. The molecule has 0 heterocycles. The lowest BCUT2D eigenvalue weighted by atomic mass is 10.3. The fourth-order valence-corrected chi connectivity index (χ4v) is 0.469. The van der Waals surface area contributed by atoms with Gasteiger partial charge in [0.05, 0.1) is 6.72 Å². The quantitative estimate of drug-likeness (QED) is 0.303. The Labute approximate surface area is 50.5 Å². The second kappa shape index (κ2) is 6.47. The summed E-state index contributed by atoms with van der Waals surface area (Å²) in [5, 5.41) is 3.01. The smallest absolute Gasteiger partial charge is 0.117 e. The van der Waals surface area contributed by atoms with Crippen LogP contribution in [0.2, 0.25) is 0 Å². The number of unbranched alkanes of at least 4 members (excludes halogenated alkanes) is 2. The molecule has 8 heavy (non-hydrogen) atoms. The van der Waals surface area contributed by atoms with Crippen molar-refractivity contribution in [3.05, 3.63) is 0 Å². The average molecular weight is 114 g/mol. The van der Waals surface area contributed by atoms with Gasteiger partial charge in [0, 0.05) is 0 Å². The van der Waals surface area contributed by atoms with Crippen molar-refractivity contribution in [2.45, 2.75) is 26.2 Å². The summed E-state index contributed by atoms with van der Waals surface area (Å²) in [4.78, 5) is 4.54. The Kier molecular flexibility index (Phi) is 6.04. The number of hydrogen-bond acceptors (Lipinski definition) is 2. The van der Waals surface area contributed by atoms with Crippen LogP contribution in [-0.2, 0) is 4.84 Å². The van der Waals surface area contributed by atoms with Crippen LogP contribution in [0.25, 0.3) is 0 Å². The molecule has 0 aliphatic rings. The van der Waals surface area contributed by atoms with Crippen LogP contribution in [-0.4, -0.2) is 13.3 Å². The van der Waals surface area contributed by atoms with Crippen LogP contribution in [0.5, 0.6) is 0 Å². The molecule has 0 fully saturated rings. The second-order valence-corrected chi connectivity index (χ2v) is 1.65. The van der Waals surface area contributed by atoms with Crippen LogP contribution in [0, 0.1) is 0 Å². The van der Waals surface area contributed by atoms with Gasteiger partial charge in [0.2, 0.25) is 0 Å². The monoisotopic (exact) mass is 114 g/mol. The molecule has 0 atom stereocenters. The van der Waals surface area contributed by atoms with Gasteiger partial charge >= 0.3 is 0 Å². The molecule has 0 amide bonds. The lowest BCUT2D eigenvalue weighted by Crippen LogP contribution is -1.85. The van der Waals surface area contributed by atoms with E-state index in [4.69, 9.17) is 6.72 Å². The van der Waals surface area contributed by atoms with Crippen molar-refractivity contribution in [2.24, 2.45) is 5.16 Å². The lowest BCUT2D eigenvalue weighted by Gasteiger charge is -1.93. The summed E-state index contributed by atoms with van der Waals surface area (Å²) in [6, 6.07) is 0. The number of rotatable bonds is 5. The SMILES string of the molecule is [CH]=NOCCCCC. The Balaban J connectivity index is 2.62. The zero-order valence-corrected chi connectivity index (χ0v) is 5.26. The van der Waals surface area contributed by atoms with E-state index in [2.05, 4.69) is 16.9 Å². The van der Waals surface area contributed by atoms with Crippen LogP contribution in [0.1, 0.15) is 26.2 Å². The van der Waals surface area contributed by atoms with Crippen molar-refractivity contribution in [1.29, 1.82) is 0 Å². The van der Waals surface area contributed by atoms with Crippen molar-refractivity contribution in [1.82, 2.24) is 0 Å². The van der Waals surface area contributed by atoms with Crippen molar-refractivity contribution >= 4 is 6.72 Å². The minimum absolute atomic E-state index is 0.657. The average Bonchev–Trinajstić information content (AvgIpc) is 1.81. The van der Waals surface area contributed by atoms with Gasteiger partial charge in [-0.3, -0.25) is 0 Å². The van der Waals surface area contributed by atoms with Gasteiger partial charge in [0.1, 0.15) is 6.61 Å². The van der Waals surface area contributed by atoms with Gasteiger partial charge in [0.25, 0.3) is 0 Å². The Bertz CT molecular complexity index is 54.5. The van der Waals surface area contributed by atoms with Crippen LogP contribution in [0.15, 0.2) is 5.16 Å². The van der Waals surface area contributed by atoms with Crippen LogP contribution in [0.4, 0.5) is 0 Å². The molecule has 0 rings (SSSR count). The molecule has 0 aromatic carbocycles.